The van der Waals surface area contributed by atoms with Gasteiger partial charge in [0, 0.05) is 0 Å². The number of halogens is 2. The van der Waals surface area contributed by atoms with Crippen molar-refractivity contribution in [1.82, 2.24) is 9.78 Å². The van der Waals surface area contributed by atoms with Gasteiger partial charge in [-0.3, -0.25) is 4.79 Å². The highest BCUT2D eigenvalue weighted by molar-refractivity contribution is 9.13. The molecule has 2 aromatic rings. The van der Waals surface area contributed by atoms with E-state index in [2.05, 4.69) is 37.0 Å². The third-order valence-corrected chi connectivity index (χ3v) is 4.47. The van der Waals surface area contributed by atoms with E-state index < -0.39 is 0 Å². The van der Waals surface area contributed by atoms with Crippen LogP contribution in [0.2, 0.25) is 0 Å². The lowest BCUT2D eigenvalue weighted by Gasteiger charge is -2.08. The summed E-state index contributed by atoms with van der Waals surface area (Å²) in [6, 6.07) is 7.25. The molecule has 0 bridgehead atoms. The second-order valence-electron chi connectivity index (χ2n) is 3.86. The van der Waals surface area contributed by atoms with E-state index in [1.807, 2.05) is 24.3 Å². The van der Waals surface area contributed by atoms with Crippen molar-refractivity contribution < 1.29 is 9.47 Å². The summed E-state index contributed by atoms with van der Waals surface area (Å²) < 4.78 is 13.0. The van der Waals surface area contributed by atoms with Crippen LogP contribution < -0.4 is 15.0 Å². The van der Waals surface area contributed by atoms with Crippen LogP contribution in [0, 0.1) is 0 Å². The van der Waals surface area contributed by atoms with Gasteiger partial charge in [0.2, 0.25) is 0 Å². The summed E-state index contributed by atoms with van der Waals surface area (Å²) in [5.41, 5.74) is -0.197. The lowest BCUT2D eigenvalue weighted by molar-refractivity contribution is 0.287. The molecule has 0 aliphatic carbocycles. The summed E-state index contributed by atoms with van der Waals surface area (Å²) in [6.45, 7) is 0.726. The molecule has 0 saturated carbocycles. The molecule has 0 aliphatic heterocycles. The van der Waals surface area contributed by atoms with Crippen molar-refractivity contribution in [1.29, 1.82) is 0 Å². The maximum Gasteiger partial charge on any atom is 0.282 e. The van der Waals surface area contributed by atoms with Crippen LogP contribution in [0.1, 0.15) is 0 Å². The Hall–Kier alpha value is -1.34. The lowest BCUT2D eigenvalue weighted by atomic mass is 10.3. The van der Waals surface area contributed by atoms with Crippen LogP contribution in [-0.4, -0.2) is 23.5 Å². The van der Waals surface area contributed by atoms with Crippen LogP contribution in [0.4, 0.5) is 0 Å². The molecular weight excluding hydrogens is 392 g/mol. The number of ether oxygens (including phenoxy) is 2. The van der Waals surface area contributed by atoms with E-state index in [0.29, 0.717) is 22.1 Å². The summed E-state index contributed by atoms with van der Waals surface area (Å²) in [5.74, 6) is 1.49. The summed E-state index contributed by atoms with van der Waals surface area (Å²) in [6.07, 6.45) is 1.57. The standard InChI is InChI=1S/C13H12Br2N2O3/c1-19-9-2-4-10(5-3-9)20-7-6-17-13(18)12(15)11(14)8-16-17/h2-5,8H,6-7H2,1H3. The Balaban J connectivity index is 1.96. The number of benzene rings is 1. The maximum absolute atomic E-state index is 11.9. The van der Waals surface area contributed by atoms with Gasteiger partial charge in [-0.05, 0) is 56.1 Å². The van der Waals surface area contributed by atoms with Gasteiger partial charge in [-0.1, -0.05) is 0 Å². The molecule has 0 fully saturated rings. The van der Waals surface area contributed by atoms with E-state index in [1.54, 1.807) is 13.3 Å². The molecule has 1 heterocycles. The largest absolute Gasteiger partial charge is 0.497 e. The Bertz CT molecular complexity index is 641. The smallest absolute Gasteiger partial charge is 0.282 e. The van der Waals surface area contributed by atoms with Crippen LogP contribution in [0.5, 0.6) is 11.5 Å². The molecule has 0 amide bonds. The minimum absolute atomic E-state index is 0.197. The van der Waals surface area contributed by atoms with E-state index in [4.69, 9.17) is 9.47 Å². The molecule has 1 aromatic carbocycles. The molecule has 0 spiro atoms. The van der Waals surface area contributed by atoms with Crippen LogP contribution in [0.25, 0.3) is 0 Å². The lowest BCUT2D eigenvalue weighted by Crippen LogP contribution is -2.26. The number of rotatable bonds is 5. The molecule has 0 radical (unpaired) electrons. The summed E-state index contributed by atoms with van der Waals surface area (Å²) in [4.78, 5) is 11.9. The first-order valence-corrected chi connectivity index (χ1v) is 7.38. The van der Waals surface area contributed by atoms with Gasteiger partial charge in [0.15, 0.2) is 0 Å². The van der Waals surface area contributed by atoms with Crippen molar-refractivity contribution >= 4 is 31.9 Å². The number of hydrogen-bond donors (Lipinski definition) is 0. The Morgan fingerprint density at radius 1 is 1.20 bits per heavy atom. The maximum atomic E-state index is 11.9. The average Bonchev–Trinajstić information content (AvgIpc) is 2.48. The van der Waals surface area contributed by atoms with Crippen molar-refractivity contribution in [2.24, 2.45) is 0 Å². The van der Waals surface area contributed by atoms with Gasteiger partial charge < -0.3 is 9.47 Å². The zero-order valence-corrected chi connectivity index (χ0v) is 13.8. The first kappa shape index (κ1) is 15.1. The quantitative estimate of drug-likeness (QED) is 0.770. The molecule has 106 valence electrons. The molecule has 0 saturated heterocycles. The van der Waals surface area contributed by atoms with E-state index in [1.165, 1.54) is 4.68 Å². The first-order valence-electron chi connectivity index (χ1n) is 5.80. The monoisotopic (exact) mass is 402 g/mol. The molecule has 7 heteroatoms. The minimum Gasteiger partial charge on any atom is -0.497 e. The number of methoxy groups -OCH3 is 1. The van der Waals surface area contributed by atoms with E-state index >= 15 is 0 Å². The van der Waals surface area contributed by atoms with Gasteiger partial charge in [0.05, 0.1) is 24.3 Å². The minimum atomic E-state index is -0.197. The molecule has 0 aliphatic rings. The summed E-state index contributed by atoms with van der Waals surface area (Å²) in [7, 11) is 1.61. The van der Waals surface area contributed by atoms with E-state index in [-0.39, 0.29) is 5.56 Å². The highest BCUT2D eigenvalue weighted by Gasteiger charge is 2.06. The predicted octanol–water partition coefficient (Wildman–Crippen LogP) is 2.86. The fraction of sp³-hybridized carbons (Fsp3) is 0.231. The van der Waals surface area contributed by atoms with Crippen molar-refractivity contribution in [3.05, 3.63) is 49.8 Å². The zero-order valence-electron chi connectivity index (χ0n) is 10.7. The Morgan fingerprint density at radius 2 is 1.85 bits per heavy atom. The normalized spacial score (nSPS) is 10.3. The van der Waals surface area contributed by atoms with Crippen molar-refractivity contribution in [2.45, 2.75) is 6.54 Å². The van der Waals surface area contributed by atoms with Crippen molar-refractivity contribution in [3.8, 4) is 11.5 Å². The fourth-order valence-corrected chi connectivity index (χ4v) is 2.09. The highest BCUT2D eigenvalue weighted by Crippen LogP contribution is 2.17. The molecule has 0 unspecified atom stereocenters. The topological polar surface area (TPSA) is 53.4 Å². The molecular formula is C13H12Br2N2O3. The zero-order chi connectivity index (χ0) is 14.5. The van der Waals surface area contributed by atoms with Crippen LogP contribution in [-0.2, 0) is 6.54 Å². The average molecular weight is 404 g/mol. The van der Waals surface area contributed by atoms with Crippen molar-refractivity contribution in [2.75, 3.05) is 13.7 Å². The van der Waals surface area contributed by atoms with E-state index in [9.17, 15) is 4.79 Å². The Kier molecular flexibility index (Phi) is 5.19. The Morgan fingerprint density at radius 3 is 2.50 bits per heavy atom. The molecule has 1 aromatic heterocycles. The Labute approximate surface area is 132 Å². The van der Waals surface area contributed by atoms with Gasteiger partial charge in [-0.25, -0.2) is 4.68 Å². The van der Waals surface area contributed by atoms with Crippen LogP contribution in [0.15, 0.2) is 44.2 Å². The SMILES string of the molecule is COc1ccc(OCCn2ncc(Br)c(Br)c2=O)cc1. The predicted molar refractivity (Wildman–Crippen MR) is 82.4 cm³/mol. The summed E-state index contributed by atoms with van der Waals surface area (Å²) >= 11 is 6.44. The second kappa shape index (κ2) is 6.90. The third-order valence-electron chi connectivity index (χ3n) is 2.57. The fourth-order valence-electron chi connectivity index (χ4n) is 1.53. The molecule has 0 atom stereocenters. The van der Waals surface area contributed by atoms with Gasteiger partial charge in [-0.15, -0.1) is 0 Å². The van der Waals surface area contributed by atoms with Gasteiger partial charge in [0.25, 0.3) is 5.56 Å². The molecule has 20 heavy (non-hydrogen) atoms. The van der Waals surface area contributed by atoms with Crippen molar-refractivity contribution in [3.63, 3.8) is 0 Å². The number of nitrogens with zero attached hydrogens (tertiary/aromatic N) is 2. The van der Waals surface area contributed by atoms with Crippen LogP contribution in [0.3, 0.4) is 0 Å². The highest BCUT2D eigenvalue weighted by atomic mass is 79.9. The molecule has 5 nitrogen and oxygen atoms in total. The molecule has 0 N–H and O–H groups in total. The number of aromatic nitrogens is 2. The number of hydrogen-bond acceptors (Lipinski definition) is 4. The third kappa shape index (κ3) is 3.61. The molecule has 2 rings (SSSR count). The van der Waals surface area contributed by atoms with Gasteiger partial charge in [-0.2, -0.15) is 5.10 Å². The first-order chi connectivity index (χ1) is 9.61. The second-order valence-corrected chi connectivity index (χ2v) is 5.51. The van der Waals surface area contributed by atoms with Gasteiger partial charge in [0.1, 0.15) is 22.6 Å². The van der Waals surface area contributed by atoms with Crippen LogP contribution >= 0.6 is 31.9 Å². The van der Waals surface area contributed by atoms with Gasteiger partial charge >= 0.3 is 0 Å². The van der Waals surface area contributed by atoms with E-state index in [0.717, 1.165) is 11.5 Å². The summed E-state index contributed by atoms with van der Waals surface area (Å²) in [5, 5.41) is 4.02.